The summed E-state index contributed by atoms with van der Waals surface area (Å²) in [4.78, 5) is 19.4. The number of carbonyl (C=O) groups is 1. The Balaban J connectivity index is 2.20. The molecule has 0 fully saturated rings. The summed E-state index contributed by atoms with van der Waals surface area (Å²) in [6, 6.07) is 0. The topological polar surface area (TPSA) is 90.1 Å². The summed E-state index contributed by atoms with van der Waals surface area (Å²) in [5.41, 5.74) is 5.71. The van der Waals surface area contributed by atoms with Crippen LogP contribution in [0.15, 0.2) is 12.4 Å². The molecular weight excluding hydrogens is 232 g/mol. The lowest BCUT2D eigenvalue weighted by molar-refractivity contribution is 0.0921. The van der Waals surface area contributed by atoms with Gasteiger partial charge in [-0.3, -0.25) is 4.79 Å². The van der Waals surface area contributed by atoms with E-state index < -0.39 is 0 Å². The average Bonchev–Trinajstić information content (AvgIpc) is 2.33. The zero-order chi connectivity index (χ0) is 13.4. The molecule has 1 heterocycles. The fourth-order valence-electron chi connectivity index (χ4n) is 1.30. The van der Waals surface area contributed by atoms with Crippen molar-refractivity contribution in [3.8, 4) is 0 Å². The summed E-state index contributed by atoms with van der Waals surface area (Å²) < 4.78 is 5.40. The van der Waals surface area contributed by atoms with E-state index in [2.05, 4.69) is 29.1 Å². The number of hydrogen-bond donors (Lipinski definition) is 2. The second kappa shape index (κ2) is 7.60. The van der Waals surface area contributed by atoms with Gasteiger partial charge in [-0.1, -0.05) is 13.8 Å². The number of nitrogens with zero attached hydrogens (tertiary/aromatic N) is 2. The Morgan fingerprint density at radius 3 is 2.83 bits per heavy atom. The molecule has 1 rings (SSSR count). The molecule has 0 unspecified atom stereocenters. The van der Waals surface area contributed by atoms with E-state index in [0.717, 1.165) is 13.0 Å². The van der Waals surface area contributed by atoms with Gasteiger partial charge in [-0.25, -0.2) is 9.97 Å². The van der Waals surface area contributed by atoms with Gasteiger partial charge in [0.1, 0.15) is 0 Å². The van der Waals surface area contributed by atoms with Gasteiger partial charge in [0.15, 0.2) is 11.5 Å². The zero-order valence-corrected chi connectivity index (χ0v) is 10.8. The van der Waals surface area contributed by atoms with E-state index >= 15 is 0 Å². The molecule has 0 aliphatic rings. The predicted octanol–water partition coefficient (Wildman–Crippen LogP) is 0.851. The number of aromatic nitrogens is 2. The van der Waals surface area contributed by atoms with E-state index in [-0.39, 0.29) is 17.4 Å². The summed E-state index contributed by atoms with van der Waals surface area (Å²) in [5, 5.41) is 2.73. The van der Waals surface area contributed by atoms with Crippen molar-refractivity contribution >= 4 is 11.7 Å². The standard InChI is InChI=1S/C12H20N4O2/c1-9(2)8-18-7-3-4-16-12(17)10-11(13)15-6-5-14-10/h5-6,9H,3-4,7-8H2,1-2H3,(H2,13,15)(H,16,17). The number of carbonyl (C=O) groups excluding carboxylic acids is 1. The van der Waals surface area contributed by atoms with Crippen LogP contribution in [0.3, 0.4) is 0 Å². The third-order valence-corrected chi connectivity index (χ3v) is 2.14. The van der Waals surface area contributed by atoms with Gasteiger partial charge < -0.3 is 15.8 Å². The van der Waals surface area contributed by atoms with E-state index in [1.807, 2.05) is 0 Å². The molecule has 18 heavy (non-hydrogen) atoms. The SMILES string of the molecule is CC(C)COCCCNC(=O)c1nccnc1N. The first kappa shape index (κ1) is 14.4. The van der Waals surface area contributed by atoms with E-state index in [1.165, 1.54) is 12.4 Å². The van der Waals surface area contributed by atoms with Gasteiger partial charge >= 0.3 is 0 Å². The largest absolute Gasteiger partial charge is 0.382 e. The van der Waals surface area contributed by atoms with Gasteiger partial charge in [0.2, 0.25) is 0 Å². The molecule has 100 valence electrons. The number of amides is 1. The molecule has 6 nitrogen and oxygen atoms in total. The molecule has 1 aromatic rings. The molecule has 0 atom stereocenters. The van der Waals surface area contributed by atoms with E-state index in [0.29, 0.717) is 19.1 Å². The smallest absolute Gasteiger partial charge is 0.273 e. The third-order valence-electron chi connectivity index (χ3n) is 2.14. The van der Waals surface area contributed by atoms with Gasteiger partial charge in [-0.05, 0) is 12.3 Å². The second-order valence-electron chi connectivity index (χ2n) is 4.37. The van der Waals surface area contributed by atoms with Crippen LogP contribution in [0.5, 0.6) is 0 Å². The molecule has 0 aliphatic carbocycles. The van der Waals surface area contributed by atoms with Crippen molar-refractivity contribution in [2.75, 3.05) is 25.5 Å². The van der Waals surface area contributed by atoms with Crippen molar-refractivity contribution in [2.45, 2.75) is 20.3 Å². The van der Waals surface area contributed by atoms with Crippen LogP contribution in [0.1, 0.15) is 30.8 Å². The lowest BCUT2D eigenvalue weighted by Crippen LogP contribution is -2.27. The first-order valence-electron chi connectivity index (χ1n) is 6.03. The number of ether oxygens (including phenoxy) is 1. The van der Waals surface area contributed by atoms with Crippen LogP contribution in [0.2, 0.25) is 0 Å². The number of nitrogens with one attached hydrogen (secondary N) is 1. The number of nitrogens with two attached hydrogens (primary N) is 1. The molecule has 0 saturated carbocycles. The first-order valence-corrected chi connectivity index (χ1v) is 6.03. The lowest BCUT2D eigenvalue weighted by Gasteiger charge is -2.08. The molecule has 1 aromatic heterocycles. The summed E-state index contributed by atoms with van der Waals surface area (Å²) in [5.74, 6) is 0.370. The monoisotopic (exact) mass is 252 g/mol. The summed E-state index contributed by atoms with van der Waals surface area (Å²) in [7, 11) is 0. The maximum absolute atomic E-state index is 11.7. The van der Waals surface area contributed by atoms with Crippen LogP contribution < -0.4 is 11.1 Å². The number of hydrogen-bond acceptors (Lipinski definition) is 5. The molecule has 0 aliphatic heterocycles. The Morgan fingerprint density at radius 1 is 1.44 bits per heavy atom. The highest BCUT2D eigenvalue weighted by Crippen LogP contribution is 2.02. The fourth-order valence-corrected chi connectivity index (χ4v) is 1.30. The summed E-state index contributed by atoms with van der Waals surface area (Å²) in [6.45, 7) is 6.10. The van der Waals surface area contributed by atoms with Gasteiger partial charge in [0.05, 0.1) is 0 Å². The molecule has 6 heteroatoms. The van der Waals surface area contributed by atoms with Gasteiger partial charge in [-0.15, -0.1) is 0 Å². The average molecular weight is 252 g/mol. The van der Waals surface area contributed by atoms with E-state index in [4.69, 9.17) is 10.5 Å². The molecular formula is C12H20N4O2. The van der Waals surface area contributed by atoms with Gasteiger partial charge in [-0.2, -0.15) is 0 Å². The number of nitrogen functional groups attached to an aromatic ring is 1. The Bertz CT molecular complexity index is 382. The van der Waals surface area contributed by atoms with Crippen molar-refractivity contribution in [1.82, 2.24) is 15.3 Å². The molecule has 0 radical (unpaired) electrons. The molecule has 0 spiro atoms. The minimum atomic E-state index is -0.301. The van der Waals surface area contributed by atoms with Crippen molar-refractivity contribution in [1.29, 1.82) is 0 Å². The summed E-state index contributed by atoms with van der Waals surface area (Å²) >= 11 is 0. The van der Waals surface area contributed by atoms with Crippen molar-refractivity contribution in [3.63, 3.8) is 0 Å². The number of anilines is 1. The highest BCUT2D eigenvalue weighted by atomic mass is 16.5. The van der Waals surface area contributed by atoms with E-state index in [9.17, 15) is 4.79 Å². The molecule has 1 amide bonds. The minimum absolute atomic E-state index is 0.144. The zero-order valence-electron chi connectivity index (χ0n) is 10.8. The quantitative estimate of drug-likeness (QED) is 0.702. The van der Waals surface area contributed by atoms with Crippen LogP contribution in [-0.2, 0) is 4.74 Å². The molecule has 3 N–H and O–H groups in total. The maximum Gasteiger partial charge on any atom is 0.273 e. The van der Waals surface area contributed by atoms with Crippen molar-refractivity contribution < 1.29 is 9.53 Å². The molecule has 0 aromatic carbocycles. The Kier molecular flexibility index (Phi) is 6.07. The Labute approximate surface area is 107 Å². The van der Waals surface area contributed by atoms with Crippen LogP contribution in [0.25, 0.3) is 0 Å². The summed E-state index contributed by atoms with van der Waals surface area (Å²) in [6.07, 6.45) is 3.65. The maximum atomic E-state index is 11.7. The van der Waals surface area contributed by atoms with Gasteiger partial charge in [0, 0.05) is 32.2 Å². The predicted molar refractivity (Wildman–Crippen MR) is 69.1 cm³/mol. The van der Waals surface area contributed by atoms with Gasteiger partial charge in [0.25, 0.3) is 5.91 Å². The van der Waals surface area contributed by atoms with Crippen molar-refractivity contribution in [2.24, 2.45) is 5.92 Å². The Hall–Kier alpha value is -1.69. The Morgan fingerprint density at radius 2 is 2.17 bits per heavy atom. The highest BCUT2D eigenvalue weighted by Gasteiger charge is 2.10. The minimum Gasteiger partial charge on any atom is -0.382 e. The molecule has 0 saturated heterocycles. The van der Waals surface area contributed by atoms with Crippen LogP contribution in [0.4, 0.5) is 5.82 Å². The number of rotatable bonds is 7. The van der Waals surface area contributed by atoms with Crippen LogP contribution in [0, 0.1) is 5.92 Å². The lowest BCUT2D eigenvalue weighted by atomic mass is 10.2. The third kappa shape index (κ3) is 5.09. The normalized spacial score (nSPS) is 10.6. The van der Waals surface area contributed by atoms with E-state index in [1.54, 1.807) is 0 Å². The fraction of sp³-hybridized carbons (Fsp3) is 0.583. The molecule has 0 bridgehead atoms. The van der Waals surface area contributed by atoms with Crippen molar-refractivity contribution in [3.05, 3.63) is 18.1 Å². The highest BCUT2D eigenvalue weighted by molar-refractivity contribution is 5.96. The first-order chi connectivity index (χ1) is 8.61. The second-order valence-corrected chi connectivity index (χ2v) is 4.37. The van der Waals surface area contributed by atoms with Crippen LogP contribution >= 0.6 is 0 Å². The van der Waals surface area contributed by atoms with Crippen LogP contribution in [-0.4, -0.2) is 35.6 Å².